The number of furan rings is 1. The van der Waals surface area contributed by atoms with Crippen molar-refractivity contribution in [3.63, 3.8) is 0 Å². The third-order valence-electron chi connectivity index (χ3n) is 1.81. The number of hydrogen-bond acceptors (Lipinski definition) is 3. The third-order valence-corrected chi connectivity index (χ3v) is 1.81. The van der Waals surface area contributed by atoms with Crippen LogP contribution in [0.2, 0.25) is 0 Å². The van der Waals surface area contributed by atoms with Crippen molar-refractivity contribution in [2.75, 3.05) is 27.2 Å². The minimum Gasteiger partial charge on any atom is -0.459 e. The summed E-state index contributed by atoms with van der Waals surface area (Å²) in [7, 11) is 4.02. The molecule has 1 heterocycles. The second-order valence-corrected chi connectivity index (χ2v) is 3.39. The minimum absolute atomic E-state index is 0.145. The van der Waals surface area contributed by atoms with E-state index in [-0.39, 0.29) is 5.91 Å². The van der Waals surface area contributed by atoms with Crippen LogP contribution < -0.4 is 5.32 Å². The zero-order valence-electron chi connectivity index (χ0n) is 8.62. The number of carbonyl (C=O) groups excluding carboxylic acids is 1. The normalized spacial score (nSPS) is 10.5. The number of nitrogens with zero attached hydrogens (tertiary/aromatic N) is 1. The molecule has 1 aromatic rings. The standard InChI is InChI=1S/C10H16N2O2/c1-12(2)7-4-6-11-10(13)9-5-3-8-14-9/h3,5,8H,4,6-7H2,1-2H3,(H,11,13). The lowest BCUT2D eigenvalue weighted by molar-refractivity contribution is 0.0924. The Bertz CT molecular complexity index is 268. The Labute approximate surface area is 83.9 Å². The van der Waals surface area contributed by atoms with Gasteiger partial charge in [-0.25, -0.2) is 0 Å². The summed E-state index contributed by atoms with van der Waals surface area (Å²) < 4.78 is 4.95. The molecule has 0 spiro atoms. The van der Waals surface area contributed by atoms with E-state index in [2.05, 4.69) is 10.2 Å². The highest BCUT2D eigenvalue weighted by Gasteiger charge is 2.06. The molecule has 1 N–H and O–H groups in total. The molecule has 0 saturated carbocycles. The monoisotopic (exact) mass is 196 g/mol. The highest BCUT2D eigenvalue weighted by molar-refractivity contribution is 5.91. The topological polar surface area (TPSA) is 45.5 Å². The molecule has 0 aliphatic carbocycles. The average Bonchev–Trinajstić information content (AvgIpc) is 2.64. The first-order valence-electron chi connectivity index (χ1n) is 4.66. The lowest BCUT2D eigenvalue weighted by Crippen LogP contribution is -2.26. The lowest BCUT2D eigenvalue weighted by atomic mass is 10.3. The first kappa shape index (κ1) is 10.8. The van der Waals surface area contributed by atoms with Gasteiger partial charge in [-0.15, -0.1) is 0 Å². The van der Waals surface area contributed by atoms with Crippen LogP contribution in [-0.4, -0.2) is 38.0 Å². The van der Waals surface area contributed by atoms with Gasteiger partial charge >= 0.3 is 0 Å². The van der Waals surface area contributed by atoms with Crippen LogP contribution in [0.25, 0.3) is 0 Å². The van der Waals surface area contributed by atoms with E-state index in [0.717, 1.165) is 13.0 Å². The maximum Gasteiger partial charge on any atom is 0.286 e. The zero-order chi connectivity index (χ0) is 10.4. The maximum absolute atomic E-state index is 11.3. The van der Waals surface area contributed by atoms with E-state index in [1.807, 2.05) is 14.1 Å². The van der Waals surface area contributed by atoms with E-state index in [0.29, 0.717) is 12.3 Å². The Kier molecular flexibility index (Phi) is 4.19. The van der Waals surface area contributed by atoms with Crippen LogP contribution in [0.1, 0.15) is 17.0 Å². The van der Waals surface area contributed by atoms with Gasteiger partial charge in [-0.1, -0.05) is 0 Å². The molecule has 0 fully saturated rings. The van der Waals surface area contributed by atoms with Crippen molar-refractivity contribution in [3.05, 3.63) is 24.2 Å². The minimum atomic E-state index is -0.145. The molecule has 4 heteroatoms. The van der Waals surface area contributed by atoms with Gasteiger partial charge in [0, 0.05) is 6.54 Å². The summed E-state index contributed by atoms with van der Waals surface area (Å²) in [6.45, 7) is 1.65. The second-order valence-electron chi connectivity index (χ2n) is 3.39. The molecule has 0 aromatic carbocycles. The molecule has 14 heavy (non-hydrogen) atoms. The van der Waals surface area contributed by atoms with Crippen LogP contribution in [0.15, 0.2) is 22.8 Å². The number of carbonyl (C=O) groups is 1. The second kappa shape index (κ2) is 5.44. The first-order chi connectivity index (χ1) is 6.70. The highest BCUT2D eigenvalue weighted by Crippen LogP contribution is 1.98. The van der Waals surface area contributed by atoms with E-state index < -0.39 is 0 Å². The van der Waals surface area contributed by atoms with Gasteiger partial charge in [-0.05, 0) is 39.2 Å². The lowest BCUT2D eigenvalue weighted by Gasteiger charge is -2.08. The van der Waals surface area contributed by atoms with Gasteiger partial charge in [0.2, 0.25) is 0 Å². The fraction of sp³-hybridized carbons (Fsp3) is 0.500. The van der Waals surface area contributed by atoms with E-state index in [4.69, 9.17) is 4.42 Å². The molecule has 0 saturated heterocycles. The van der Waals surface area contributed by atoms with Crippen molar-refractivity contribution in [1.29, 1.82) is 0 Å². The summed E-state index contributed by atoms with van der Waals surface area (Å²) in [5, 5.41) is 2.78. The van der Waals surface area contributed by atoms with Crippen molar-refractivity contribution in [2.24, 2.45) is 0 Å². The zero-order valence-corrected chi connectivity index (χ0v) is 8.62. The van der Waals surface area contributed by atoms with Crippen LogP contribution in [0.5, 0.6) is 0 Å². The van der Waals surface area contributed by atoms with Crippen molar-refractivity contribution < 1.29 is 9.21 Å². The van der Waals surface area contributed by atoms with Gasteiger partial charge in [0.25, 0.3) is 5.91 Å². The third kappa shape index (κ3) is 3.62. The highest BCUT2D eigenvalue weighted by atomic mass is 16.3. The fourth-order valence-electron chi connectivity index (χ4n) is 1.09. The van der Waals surface area contributed by atoms with Gasteiger partial charge in [0.1, 0.15) is 0 Å². The molecule has 0 aliphatic rings. The summed E-state index contributed by atoms with van der Waals surface area (Å²) in [5.74, 6) is 0.226. The molecule has 0 atom stereocenters. The Morgan fingerprint density at radius 2 is 2.36 bits per heavy atom. The molecule has 0 unspecified atom stereocenters. The van der Waals surface area contributed by atoms with Gasteiger partial charge in [-0.2, -0.15) is 0 Å². The molecule has 1 aromatic heterocycles. The van der Waals surface area contributed by atoms with Gasteiger partial charge in [0.15, 0.2) is 5.76 Å². The molecule has 0 aliphatic heterocycles. The van der Waals surface area contributed by atoms with Crippen molar-refractivity contribution in [3.8, 4) is 0 Å². The number of rotatable bonds is 5. The van der Waals surface area contributed by atoms with Crippen LogP contribution in [0.3, 0.4) is 0 Å². The van der Waals surface area contributed by atoms with Crippen molar-refractivity contribution in [1.82, 2.24) is 10.2 Å². The summed E-state index contributed by atoms with van der Waals surface area (Å²) in [6.07, 6.45) is 2.44. The number of amides is 1. The Hall–Kier alpha value is -1.29. The van der Waals surface area contributed by atoms with Crippen LogP contribution in [0.4, 0.5) is 0 Å². The predicted molar refractivity (Wildman–Crippen MR) is 54.2 cm³/mol. The molecule has 78 valence electrons. The number of nitrogens with one attached hydrogen (secondary N) is 1. The summed E-state index contributed by atoms with van der Waals surface area (Å²) in [5.41, 5.74) is 0. The van der Waals surface area contributed by atoms with Crippen LogP contribution in [0, 0.1) is 0 Å². The molecule has 4 nitrogen and oxygen atoms in total. The molecule has 0 radical (unpaired) electrons. The van der Waals surface area contributed by atoms with Crippen molar-refractivity contribution in [2.45, 2.75) is 6.42 Å². The van der Waals surface area contributed by atoms with E-state index in [1.54, 1.807) is 12.1 Å². The quantitative estimate of drug-likeness (QED) is 0.713. The predicted octanol–water partition coefficient (Wildman–Crippen LogP) is 0.961. The molecule has 1 amide bonds. The van der Waals surface area contributed by atoms with Gasteiger partial charge in [0.05, 0.1) is 6.26 Å². The van der Waals surface area contributed by atoms with Crippen LogP contribution >= 0.6 is 0 Å². The van der Waals surface area contributed by atoms with Gasteiger partial charge < -0.3 is 14.6 Å². The molecular weight excluding hydrogens is 180 g/mol. The number of hydrogen-bond donors (Lipinski definition) is 1. The summed E-state index contributed by atoms with van der Waals surface area (Å²) in [6, 6.07) is 3.36. The molecule has 0 bridgehead atoms. The van der Waals surface area contributed by atoms with Crippen LogP contribution in [-0.2, 0) is 0 Å². The Balaban J connectivity index is 2.16. The first-order valence-corrected chi connectivity index (χ1v) is 4.66. The van der Waals surface area contributed by atoms with Gasteiger partial charge in [-0.3, -0.25) is 4.79 Å². The average molecular weight is 196 g/mol. The van der Waals surface area contributed by atoms with Crippen molar-refractivity contribution >= 4 is 5.91 Å². The maximum atomic E-state index is 11.3. The van der Waals surface area contributed by atoms with E-state index in [9.17, 15) is 4.79 Å². The summed E-state index contributed by atoms with van der Waals surface area (Å²) >= 11 is 0. The Morgan fingerprint density at radius 3 is 2.93 bits per heavy atom. The largest absolute Gasteiger partial charge is 0.459 e. The Morgan fingerprint density at radius 1 is 1.57 bits per heavy atom. The summed E-state index contributed by atoms with van der Waals surface area (Å²) in [4.78, 5) is 13.4. The fourth-order valence-corrected chi connectivity index (χ4v) is 1.09. The molecule has 1 rings (SSSR count). The SMILES string of the molecule is CN(C)CCCNC(=O)c1ccco1. The smallest absolute Gasteiger partial charge is 0.286 e. The van der Waals surface area contributed by atoms with E-state index >= 15 is 0 Å². The van der Waals surface area contributed by atoms with E-state index in [1.165, 1.54) is 6.26 Å². The molecular formula is C10H16N2O2.